The van der Waals surface area contributed by atoms with Crippen molar-refractivity contribution < 1.29 is 0 Å². The van der Waals surface area contributed by atoms with Crippen molar-refractivity contribution in [3.63, 3.8) is 0 Å². The minimum Gasteiger partial charge on any atom is -0.241 e. The van der Waals surface area contributed by atoms with Gasteiger partial charge in [-0.15, -0.1) is 11.3 Å². The van der Waals surface area contributed by atoms with Crippen LogP contribution >= 0.6 is 11.3 Å². The summed E-state index contributed by atoms with van der Waals surface area (Å²) in [5.41, 5.74) is 3.92. The lowest BCUT2D eigenvalue weighted by Gasteiger charge is -2.15. The van der Waals surface area contributed by atoms with Crippen molar-refractivity contribution in [3.8, 4) is 11.3 Å². The van der Waals surface area contributed by atoms with E-state index in [9.17, 15) is 0 Å². The largest absolute Gasteiger partial charge is 0.241 e. The zero-order chi connectivity index (χ0) is 12.5. The maximum Gasteiger partial charge on any atom is 0.0937 e. The van der Waals surface area contributed by atoms with Crippen molar-refractivity contribution >= 4 is 11.3 Å². The van der Waals surface area contributed by atoms with E-state index < -0.39 is 0 Å². The van der Waals surface area contributed by atoms with Crippen LogP contribution in [0.15, 0.2) is 29.6 Å². The van der Waals surface area contributed by atoms with Crippen molar-refractivity contribution in [3.05, 3.63) is 40.2 Å². The van der Waals surface area contributed by atoms with Crippen LogP contribution in [0.3, 0.4) is 0 Å². The van der Waals surface area contributed by atoms with Gasteiger partial charge in [0.15, 0.2) is 0 Å². The van der Waals surface area contributed by atoms with Gasteiger partial charge in [-0.05, 0) is 12.3 Å². The molecule has 0 radical (unpaired) electrons. The van der Waals surface area contributed by atoms with Crippen molar-refractivity contribution in [2.24, 2.45) is 5.41 Å². The molecule has 2 aromatic rings. The van der Waals surface area contributed by atoms with Crippen molar-refractivity contribution in [2.45, 2.75) is 34.1 Å². The first-order valence-corrected chi connectivity index (χ1v) is 6.83. The predicted octanol–water partition coefficient (Wildman–Crippen LogP) is 4.71. The van der Waals surface area contributed by atoms with Crippen LogP contribution in [0, 0.1) is 12.3 Å². The topological polar surface area (TPSA) is 12.9 Å². The molecule has 90 valence electrons. The van der Waals surface area contributed by atoms with Crippen LogP contribution in [0.4, 0.5) is 0 Å². The van der Waals surface area contributed by atoms with E-state index in [1.165, 1.54) is 16.1 Å². The predicted molar refractivity (Wildman–Crippen MR) is 75.4 cm³/mol. The van der Waals surface area contributed by atoms with Crippen LogP contribution in [-0.2, 0) is 6.42 Å². The molecule has 0 atom stereocenters. The average molecular weight is 245 g/mol. The van der Waals surface area contributed by atoms with Crippen LogP contribution in [0.5, 0.6) is 0 Å². The van der Waals surface area contributed by atoms with E-state index in [1.54, 1.807) is 11.3 Å². The second kappa shape index (κ2) is 4.61. The summed E-state index contributed by atoms with van der Waals surface area (Å²) in [6.45, 7) is 8.86. The Morgan fingerprint density at radius 1 is 1.12 bits per heavy atom. The standard InChI is InChI=1S/C15H19NS/c1-11-5-7-12(8-6-11)13-10-17-14(16-13)9-15(2,3)4/h5-8,10H,9H2,1-4H3. The molecule has 17 heavy (non-hydrogen) atoms. The Morgan fingerprint density at radius 2 is 1.76 bits per heavy atom. The summed E-state index contributed by atoms with van der Waals surface area (Å²) in [7, 11) is 0. The molecule has 0 bridgehead atoms. The van der Waals surface area contributed by atoms with Crippen LogP contribution < -0.4 is 0 Å². The number of hydrogen-bond donors (Lipinski definition) is 0. The molecule has 0 saturated heterocycles. The van der Waals surface area contributed by atoms with Gasteiger partial charge in [0.05, 0.1) is 10.7 Å². The van der Waals surface area contributed by atoms with E-state index in [4.69, 9.17) is 4.98 Å². The second-order valence-electron chi connectivity index (χ2n) is 5.73. The van der Waals surface area contributed by atoms with Gasteiger partial charge < -0.3 is 0 Å². The quantitative estimate of drug-likeness (QED) is 0.747. The fourth-order valence-corrected chi connectivity index (χ4v) is 2.81. The fourth-order valence-electron chi connectivity index (χ4n) is 1.70. The third-order valence-corrected chi connectivity index (χ3v) is 3.43. The van der Waals surface area contributed by atoms with Crippen LogP contribution in [0.2, 0.25) is 0 Å². The molecular formula is C15H19NS. The Kier molecular flexibility index (Phi) is 3.34. The Hall–Kier alpha value is -1.15. The van der Waals surface area contributed by atoms with Gasteiger partial charge in [-0.3, -0.25) is 0 Å². The van der Waals surface area contributed by atoms with Gasteiger partial charge in [0, 0.05) is 17.4 Å². The van der Waals surface area contributed by atoms with E-state index in [0.717, 1.165) is 12.1 Å². The number of thiazole rings is 1. The first-order valence-electron chi connectivity index (χ1n) is 5.95. The molecule has 0 spiro atoms. The van der Waals surface area contributed by atoms with Crippen molar-refractivity contribution in [2.75, 3.05) is 0 Å². The maximum absolute atomic E-state index is 4.71. The van der Waals surface area contributed by atoms with Gasteiger partial charge in [0.25, 0.3) is 0 Å². The third-order valence-electron chi connectivity index (χ3n) is 2.58. The van der Waals surface area contributed by atoms with Crippen molar-refractivity contribution in [1.29, 1.82) is 0 Å². The molecule has 1 heterocycles. The lowest BCUT2D eigenvalue weighted by Crippen LogP contribution is -2.08. The van der Waals surface area contributed by atoms with Crippen LogP contribution in [-0.4, -0.2) is 4.98 Å². The molecule has 0 unspecified atom stereocenters. The molecule has 0 aliphatic carbocycles. The SMILES string of the molecule is Cc1ccc(-c2csc(CC(C)(C)C)n2)cc1. The highest BCUT2D eigenvalue weighted by Gasteiger charge is 2.14. The van der Waals surface area contributed by atoms with Crippen molar-refractivity contribution in [1.82, 2.24) is 4.98 Å². The summed E-state index contributed by atoms with van der Waals surface area (Å²) in [4.78, 5) is 4.71. The summed E-state index contributed by atoms with van der Waals surface area (Å²) >= 11 is 1.76. The smallest absolute Gasteiger partial charge is 0.0937 e. The van der Waals surface area contributed by atoms with Gasteiger partial charge in [-0.25, -0.2) is 4.98 Å². The Bertz CT molecular complexity index is 488. The van der Waals surface area contributed by atoms with E-state index >= 15 is 0 Å². The molecule has 1 aromatic carbocycles. The number of hydrogen-bond acceptors (Lipinski definition) is 2. The molecule has 0 amide bonds. The molecule has 1 aromatic heterocycles. The van der Waals surface area contributed by atoms with Gasteiger partial charge >= 0.3 is 0 Å². The molecular weight excluding hydrogens is 226 g/mol. The first kappa shape index (κ1) is 12.3. The van der Waals surface area contributed by atoms with Crippen LogP contribution in [0.1, 0.15) is 31.3 Å². The summed E-state index contributed by atoms with van der Waals surface area (Å²) in [5.74, 6) is 0. The second-order valence-corrected chi connectivity index (χ2v) is 6.67. The Morgan fingerprint density at radius 3 is 2.35 bits per heavy atom. The third kappa shape index (κ3) is 3.40. The highest BCUT2D eigenvalue weighted by atomic mass is 32.1. The Labute approximate surface area is 108 Å². The van der Waals surface area contributed by atoms with E-state index in [2.05, 4.69) is 57.3 Å². The normalized spacial score (nSPS) is 11.8. The highest BCUT2D eigenvalue weighted by Crippen LogP contribution is 2.27. The van der Waals surface area contributed by atoms with E-state index in [-0.39, 0.29) is 0 Å². The molecule has 0 fully saturated rings. The molecule has 2 rings (SSSR count). The highest BCUT2D eigenvalue weighted by molar-refractivity contribution is 7.09. The number of benzene rings is 1. The zero-order valence-corrected chi connectivity index (χ0v) is 11.8. The van der Waals surface area contributed by atoms with Gasteiger partial charge in [0.1, 0.15) is 0 Å². The number of rotatable bonds is 2. The van der Waals surface area contributed by atoms with Crippen LogP contribution in [0.25, 0.3) is 11.3 Å². The van der Waals surface area contributed by atoms with E-state index in [1.807, 2.05) is 0 Å². The molecule has 0 N–H and O–H groups in total. The maximum atomic E-state index is 4.71. The fraction of sp³-hybridized carbons (Fsp3) is 0.400. The van der Waals surface area contributed by atoms with Gasteiger partial charge in [-0.2, -0.15) is 0 Å². The molecule has 1 nitrogen and oxygen atoms in total. The molecule has 0 aliphatic heterocycles. The molecule has 2 heteroatoms. The van der Waals surface area contributed by atoms with E-state index in [0.29, 0.717) is 5.41 Å². The minimum absolute atomic E-state index is 0.308. The number of aryl methyl sites for hydroxylation is 1. The first-order chi connectivity index (χ1) is 7.94. The molecule has 0 saturated carbocycles. The summed E-state index contributed by atoms with van der Waals surface area (Å²) in [5, 5.41) is 3.39. The lowest BCUT2D eigenvalue weighted by molar-refractivity contribution is 0.410. The average Bonchev–Trinajstić information content (AvgIpc) is 2.64. The minimum atomic E-state index is 0.308. The number of nitrogens with zero attached hydrogens (tertiary/aromatic N) is 1. The lowest BCUT2D eigenvalue weighted by atomic mass is 9.93. The monoisotopic (exact) mass is 245 g/mol. The Balaban J connectivity index is 2.21. The number of aromatic nitrogens is 1. The summed E-state index contributed by atoms with van der Waals surface area (Å²) < 4.78 is 0. The molecule has 0 aliphatic rings. The summed E-state index contributed by atoms with van der Waals surface area (Å²) in [6, 6.07) is 8.56. The van der Waals surface area contributed by atoms with Gasteiger partial charge in [0.2, 0.25) is 0 Å². The summed E-state index contributed by atoms with van der Waals surface area (Å²) in [6.07, 6.45) is 1.05. The van der Waals surface area contributed by atoms with Gasteiger partial charge in [-0.1, -0.05) is 50.6 Å². The zero-order valence-electron chi connectivity index (χ0n) is 10.9.